The molecular weight excluding hydrogens is 204 g/mol. The first-order valence-electron chi connectivity index (χ1n) is 5.69. The van der Waals surface area contributed by atoms with E-state index in [2.05, 4.69) is 12.1 Å². The molecule has 88 valence electrons. The van der Waals surface area contributed by atoms with Crippen LogP contribution in [-0.2, 0) is 20.8 Å². The van der Waals surface area contributed by atoms with Crippen LogP contribution in [0.25, 0.3) is 0 Å². The molecule has 0 spiro atoms. The van der Waals surface area contributed by atoms with Gasteiger partial charge in [0.1, 0.15) is 6.10 Å². The van der Waals surface area contributed by atoms with Gasteiger partial charge in [0.15, 0.2) is 0 Å². The topological polar surface area (TPSA) is 27.7 Å². The summed E-state index contributed by atoms with van der Waals surface area (Å²) >= 11 is 0. The van der Waals surface area contributed by atoms with Crippen molar-refractivity contribution in [2.75, 3.05) is 19.8 Å². The summed E-state index contributed by atoms with van der Waals surface area (Å²) in [6.45, 7) is 4.55. The molecule has 1 aliphatic heterocycles. The standard InChI is InChI=1S/C13H18O3/c1-11-7-16-13(10-15-11)9-14-8-12-5-3-2-4-6-12/h2-6,11,13H,7-10H2,1H3. The van der Waals surface area contributed by atoms with Gasteiger partial charge in [0.2, 0.25) is 0 Å². The van der Waals surface area contributed by atoms with E-state index < -0.39 is 0 Å². The van der Waals surface area contributed by atoms with Gasteiger partial charge in [-0.25, -0.2) is 0 Å². The van der Waals surface area contributed by atoms with E-state index in [1.54, 1.807) is 0 Å². The molecule has 1 aromatic carbocycles. The van der Waals surface area contributed by atoms with Gasteiger partial charge in [-0.2, -0.15) is 0 Å². The zero-order valence-electron chi connectivity index (χ0n) is 9.59. The van der Waals surface area contributed by atoms with Crippen LogP contribution in [0.1, 0.15) is 12.5 Å². The highest BCUT2D eigenvalue weighted by atomic mass is 16.6. The van der Waals surface area contributed by atoms with Crippen LogP contribution in [0.3, 0.4) is 0 Å². The van der Waals surface area contributed by atoms with Crippen molar-refractivity contribution in [3.05, 3.63) is 35.9 Å². The van der Waals surface area contributed by atoms with Crippen molar-refractivity contribution in [2.45, 2.75) is 25.7 Å². The van der Waals surface area contributed by atoms with E-state index in [1.165, 1.54) is 5.56 Å². The Morgan fingerprint density at radius 1 is 1.19 bits per heavy atom. The third-order valence-electron chi connectivity index (χ3n) is 2.55. The largest absolute Gasteiger partial charge is 0.374 e. The summed E-state index contributed by atoms with van der Waals surface area (Å²) < 4.78 is 16.7. The first-order valence-corrected chi connectivity index (χ1v) is 5.69. The summed E-state index contributed by atoms with van der Waals surface area (Å²) in [7, 11) is 0. The summed E-state index contributed by atoms with van der Waals surface area (Å²) in [4.78, 5) is 0. The van der Waals surface area contributed by atoms with Gasteiger partial charge >= 0.3 is 0 Å². The zero-order chi connectivity index (χ0) is 11.2. The fourth-order valence-corrected chi connectivity index (χ4v) is 1.62. The Balaban J connectivity index is 1.65. The maximum absolute atomic E-state index is 5.59. The maximum atomic E-state index is 5.59. The van der Waals surface area contributed by atoms with Crippen LogP contribution in [0.15, 0.2) is 30.3 Å². The molecule has 0 aliphatic carbocycles. The van der Waals surface area contributed by atoms with Crippen molar-refractivity contribution in [3.63, 3.8) is 0 Å². The number of benzene rings is 1. The lowest BCUT2D eigenvalue weighted by Crippen LogP contribution is -2.36. The first kappa shape index (κ1) is 11.6. The average Bonchev–Trinajstić information content (AvgIpc) is 2.33. The lowest BCUT2D eigenvalue weighted by molar-refractivity contribution is -0.147. The van der Waals surface area contributed by atoms with Crippen molar-refractivity contribution in [1.82, 2.24) is 0 Å². The summed E-state index contributed by atoms with van der Waals surface area (Å²) in [5.74, 6) is 0. The molecule has 0 N–H and O–H groups in total. The molecule has 0 saturated carbocycles. The molecule has 1 heterocycles. The van der Waals surface area contributed by atoms with E-state index in [0.29, 0.717) is 26.4 Å². The maximum Gasteiger partial charge on any atom is 0.104 e. The highest BCUT2D eigenvalue weighted by molar-refractivity contribution is 5.13. The minimum absolute atomic E-state index is 0.0833. The van der Waals surface area contributed by atoms with Crippen LogP contribution < -0.4 is 0 Å². The minimum Gasteiger partial charge on any atom is -0.374 e. The van der Waals surface area contributed by atoms with E-state index in [4.69, 9.17) is 14.2 Å². The molecule has 1 saturated heterocycles. The normalized spacial score (nSPS) is 25.6. The first-order chi connectivity index (χ1) is 7.84. The van der Waals surface area contributed by atoms with Gasteiger partial charge in [-0.3, -0.25) is 0 Å². The molecule has 0 radical (unpaired) electrons. The number of hydrogen-bond acceptors (Lipinski definition) is 3. The van der Waals surface area contributed by atoms with Crippen molar-refractivity contribution in [2.24, 2.45) is 0 Å². The molecule has 1 aromatic rings. The highest BCUT2D eigenvalue weighted by Gasteiger charge is 2.18. The highest BCUT2D eigenvalue weighted by Crippen LogP contribution is 2.08. The quantitative estimate of drug-likeness (QED) is 0.780. The van der Waals surface area contributed by atoms with Crippen LogP contribution in [0.2, 0.25) is 0 Å². The van der Waals surface area contributed by atoms with Gasteiger partial charge < -0.3 is 14.2 Å². The van der Waals surface area contributed by atoms with Gasteiger partial charge in [0.05, 0.1) is 32.5 Å². The van der Waals surface area contributed by atoms with E-state index >= 15 is 0 Å². The van der Waals surface area contributed by atoms with Crippen LogP contribution in [-0.4, -0.2) is 32.0 Å². The minimum atomic E-state index is 0.0833. The number of ether oxygens (including phenoxy) is 3. The zero-order valence-corrected chi connectivity index (χ0v) is 9.59. The summed E-state index contributed by atoms with van der Waals surface area (Å²) in [6.07, 6.45) is 0.297. The average molecular weight is 222 g/mol. The molecule has 3 heteroatoms. The number of rotatable bonds is 4. The third-order valence-corrected chi connectivity index (χ3v) is 2.55. The molecule has 2 rings (SSSR count). The Bertz CT molecular complexity index is 291. The lowest BCUT2D eigenvalue weighted by atomic mass is 10.2. The Morgan fingerprint density at radius 2 is 2.00 bits per heavy atom. The second-order valence-corrected chi connectivity index (χ2v) is 4.10. The van der Waals surface area contributed by atoms with Crippen molar-refractivity contribution < 1.29 is 14.2 Å². The van der Waals surface area contributed by atoms with Crippen LogP contribution in [0.4, 0.5) is 0 Å². The second kappa shape index (κ2) is 5.99. The SMILES string of the molecule is CC1COC(COCc2ccccc2)CO1. The Labute approximate surface area is 96.3 Å². The fourth-order valence-electron chi connectivity index (χ4n) is 1.62. The van der Waals surface area contributed by atoms with Crippen LogP contribution in [0, 0.1) is 0 Å². The molecule has 3 nitrogen and oxygen atoms in total. The third kappa shape index (κ3) is 3.59. The summed E-state index contributed by atoms with van der Waals surface area (Å²) in [5.41, 5.74) is 1.19. The smallest absolute Gasteiger partial charge is 0.104 e. The monoisotopic (exact) mass is 222 g/mol. The van der Waals surface area contributed by atoms with Gasteiger partial charge in [0.25, 0.3) is 0 Å². The van der Waals surface area contributed by atoms with Gasteiger partial charge in [-0.1, -0.05) is 30.3 Å². The second-order valence-electron chi connectivity index (χ2n) is 4.10. The van der Waals surface area contributed by atoms with E-state index in [0.717, 1.165) is 0 Å². The van der Waals surface area contributed by atoms with E-state index in [1.807, 2.05) is 25.1 Å². The van der Waals surface area contributed by atoms with Crippen LogP contribution >= 0.6 is 0 Å². The molecule has 2 atom stereocenters. The Hall–Kier alpha value is -0.900. The molecule has 0 amide bonds. The van der Waals surface area contributed by atoms with E-state index in [9.17, 15) is 0 Å². The molecule has 2 unspecified atom stereocenters. The molecule has 1 aliphatic rings. The van der Waals surface area contributed by atoms with Gasteiger partial charge in [0, 0.05) is 0 Å². The van der Waals surface area contributed by atoms with Gasteiger partial charge in [-0.15, -0.1) is 0 Å². The molecule has 0 bridgehead atoms. The summed E-state index contributed by atoms with van der Waals surface area (Å²) in [6, 6.07) is 10.1. The summed E-state index contributed by atoms with van der Waals surface area (Å²) in [5, 5.41) is 0. The molecular formula is C13H18O3. The van der Waals surface area contributed by atoms with Crippen molar-refractivity contribution in [3.8, 4) is 0 Å². The number of hydrogen-bond donors (Lipinski definition) is 0. The Morgan fingerprint density at radius 3 is 2.69 bits per heavy atom. The van der Waals surface area contributed by atoms with E-state index in [-0.39, 0.29) is 12.2 Å². The molecule has 1 fully saturated rings. The van der Waals surface area contributed by atoms with Gasteiger partial charge in [-0.05, 0) is 12.5 Å². The molecule has 16 heavy (non-hydrogen) atoms. The predicted molar refractivity (Wildman–Crippen MR) is 61.3 cm³/mol. The van der Waals surface area contributed by atoms with Crippen molar-refractivity contribution in [1.29, 1.82) is 0 Å². The molecule has 0 aromatic heterocycles. The van der Waals surface area contributed by atoms with Crippen LogP contribution in [0.5, 0.6) is 0 Å². The lowest BCUT2D eigenvalue weighted by Gasteiger charge is -2.27. The fraction of sp³-hybridized carbons (Fsp3) is 0.538. The Kier molecular flexibility index (Phi) is 4.34. The predicted octanol–water partition coefficient (Wildman–Crippen LogP) is 2.01. The van der Waals surface area contributed by atoms with Crippen molar-refractivity contribution >= 4 is 0 Å².